The summed E-state index contributed by atoms with van der Waals surface area (Å²) in [6.45, 7) is 5.89. The van der Waals surface area contributed by atoms with E-state index < -0.39 is 5.41 Å². The third kappa shape index (κ3) is 5.58. The van der Waals surface area contributed by atoms with Crippen LogP contribution in [0.15, 0.2) is 79.1 Å². The van der Waals surface area contributed by atoms with Gasteiger partial charge in [-0.15, -0.1) is 0 Å². The van der Waals surface area contributed by atoms with E-state index in [0.29, 0.717) is 17.9 Å². The lowest BCUT2D eigenvalue weighted by molar-refractivity contribution is -0.117. The molecule has 0 spiro atoms. The van der Waals surface area contributed by atoms with Gasteiger partial charge in [-0.05, 0) is 55.0 Å². The number of ketones is 1. The Morgan fingerprint density at radius 1 is 0.941 bits per heavy atom. The van der Waals surface area contributed by atoms with Crippen LogP contribution >= 0.6 is 0 Å². The fourth-order valence-corrected chi connectivity index (χ4v) is 3.58. The first-order valence-electron chi connectivity index (χ1n) is 11.3. The Morgan fingerprint density at radius 2 is 1.59 bits per heavy atom. The van der Waals surface area contributed by atoms with Crippen LogP contribution in [0.25, 0.3) is 5.69 Å². The van der Waals surface area contributed by atoms with E-state index in [1.807, 2.05) is 80.1 Å². The maximum Gasteiger partial charge on any atom is 0.143 e. The fourth-order valence-electron chi connectivity index (χ4n) is 3.58. The molecule has 2 aromatic carbocycles. The molecule has 0 fully saturated rings. The number of benzene rings is 2. The average Bonchev–Trinajstić information content (AvgIpc) is 3.26. The molecule has 4 rings (SSSR count). The number of carbonyl (C=O) groups excluding carboxylic acids is 1. The van der Waals surface area contributed by atoms with E-state index in [1.54, 1.807) is 24.5 Å². The Morgan fingerprint density at radius 3 is 2.24 bits per heavy atom. The average molecular weight is 456 g/mol. The number of aliphatic hydroxyl groups excluding tert-OH is 1. The number of pyridine rings is 1. The molecule has 0 amide bonds. The van der Waals surface area contributed by atoms with E-state index in [4.69, 9.17) is 9.84 Å². The molecule has 0 aliphatic heterocycles. The van der Waals surface area contributed by atoms with Gasteiger partial charge in [0, 0.05) is 30.7 Å². The van der Waals surface area contributed by atoms with Gasteiger partial charge in [0.1, 0.15) is 17.3 Å². The summed E-state index contributed by atoms with van der Waals surface area (Å²) in [5.41, 5.74) is 4.04. The summed E-state index contributed by atoms with van der Waals surface area (Å²) in [6, 6.07) is 21.1. The Kier molecular flexibility index (Phi) is 6.89. The molecule has 0 saturated heterocycles. The van der Waals surface area contributed by atoms with E-state index in [1.165, 1.54) is 0 Å². The number of aromatic nitrogens is 3. The summed E-state index contributed by atoms with van der Waals surface area (Å²) in [4.78, 5) is 17.0. The van der Waals surface area contributed by atoms with Crippen LogP contribution in [0.2, 0.25) is 0 Å². The summed E-state index contributed by atoms with van der Waals surface area (Å²) in [5, 5.41) is 14.6. The molecule has 0 bridgehead atoms. The highest BCUT2D eigenvalue weighted by atomic mass is 16.5. The summed E-state index contributed by atoms with van der Waals surface area (Å²) in [5.74, 6) is 1.50. The van der Waals surface area contributed by atoms with Crippen molar-refractivity contribution < 1.29 is 14.6 Å². The number of rotatable bonds is 9. The first-order valence-corrected chi connectivity index (χ1v) is 11.3. The number of ether oxygens (including phenoxy) is 1. The zero-order valence-electron chi connectivity index (χ0n) is 19.7. The van der Waals surface area contributed by atoms with Crippen molar-refractivity contribution >= 4 is 5.78 Å². The summed E-state index contributed by atoms with van der Waals surface area (Å²) in [7, 11) is 0. The van der Waals surface area contributed by atoms with Crippen molar-refractivity contribution in [2.45, 2.75) is 39.0 Å². The van der Waals surface area contributed by atoms with Crippen LogP contribution in [0.4, 0.5) is 0 Å². The van der Waals surface area contributed by atoms with Crippen LogP contribution in [0.5, 0.6) is 11.5 Å². The van der Waals surface area contributed by atoms with Crippen LogP contribution in [0.3, 0.4) is 0 Å². The van der Waals surface area contributed by atoms with Crippen LogP contribution < -0.4 is 4.74 Å². The lowest BCUT2D eigenvalue weighted by Crippen LogP contribution is -2.22. The molecular weight excluding hydrogens is 426 g/mol. The van der Waals surface area contributed by atoms with E-state index in [2.05, 4.69) is 4.98 Å². The minimum atomic E-state index is -0.502. The normalized spacial score (nSPS) is 11.4. The second-order valence-electron chi connectivity index (χ2n) is 9.13. The van der Waals surface area contributed by atoms with Gasteiger partial charge in [0.05, 0.1) is 23.7 Å². The quantitative estimate of drug-likeness (QED) is 0.385. The summed E-state index contributed by atoms with van der Waals surface area (Å²) < 4.78 is 7.61. The minimum Gasteiger partial charge on any atom is -0.457 e. The van der Waals surface area contributed by atoms with E-state index in [9.17, 15) is 9.90 Å². The lowest BCUT2D eigenvalue weighted by Gasteiger charge is -2.18. The van der Waals surface area contributed by atoms with Crippen molar-refractivity contribution in [3.63, 3.8) is 0 Å². The van der Waals surface area contributed by atoms with Crippen molar-refractivity contribution in [3.8, 4) is 17.2 Å². The number of hydrogen-bond acceptors (Lipinski definition) is 5. The van der Waals surface area contributed by atoms with Gasteiger partial charge in [-0.3, -0.25) is 9.78 Å². The molecule has 6 nitrogen and oxygen atoms in total. The molecule has 2 heterocycles. The molecule has 0 radical (unpaired) electrons. The smallest absolute Gasteiger partial charge is 0.143 e. The van der Waals surface area contributed by atoms with Crippen molar-refractivity contribution in [1.29, 1.82) is 0 Å². The van der Waals surface area contributed by atoms with Crippen molar-refractivity contribution in [2.24, 2.45) is 0 Å². The van der Waals surface area contributed by atoms with Crippen LogP contribution in [-0.4, -0.2) is 32.3 Å². The lowest BCUT2D eigenvalue weighted by atomic mass is 9.90. The van der Waals surface area contributed by atoms with Crippen LogP contribution in [-0.2, 0) is 23.1 Å². The zero-order chi connectivity index (χ0) is 24.1. The Hall–Kier alpha value is -3.77. The summed E-state index contributed by atoms with van der Waals surface area (Å²) >= 11 is 0. The molecule has 4 aromatic rings. The SMILES string of the molecule is Cc1ccc(-n2nc(C(C)(C)CO)cc2CC(=O)Cc2ccc(Oc3ccncc3)cc2)cc1. The monoisotopic (exact) mass is 455 g/mol. The topological polar surface area (TPSA) is 77.2 Å². The highest BCUT2D eigenvalue weighted by Crippen LogP contribution is 2.25. The Bertz CT molecular complexity index is 1240. The van der Waals surface area contributed by atoms with Crippen molar-refractivity contribution in [3.05, 3.63) is 102 Å². The largest absolute Gasteiger partial charge is 0.457 e. The molecule has 0 saturated carbocycles. The van der Waals surface area contributed by atoms with Gasteiger partial charge >= 0.3 is 0 Å². The van der Waals surface area contributed by atoms with E-state index >= 15 is 0 Å². The van der Waals surface area contributed by atoms with Gasteiger partial charge in [-0.2, -0.15) is 5.10 Å². The summed E-state index contributed by atoms with van der Waals surface area (Å²) in [6.07, 6.45) is 3.92. The number of carbonyl (C=O) groups is 1. The van der Waals surface area contributed by atoms with Crippen molar-refractivity contribution in [2.75, 3.05) is 6.61 Å². The van der Waals surface area contributed by atoms with Gasteiger partial charge in [0.25, 0.3) is 0 Å². The Labute approximate surface area is 199 Å². The number of Topliss-reactive ketones (excluding diaryl/α,β-unsaturated/α-hetero) is 1. The molecule has 0 aliphatic carbocycles. The third-order valence-electron chi connectivity index (χ3n) is 5.74. The molecule has 174 valence electrons. The van der Waals surface area contributed by atoms with Crippen LogP contribution in [0, 0.1) is 6.92 Å². The van der Waals surface area contributed by atoms with Gasteiger partial charge in [0.2, 0.25) is 0 Å². The second kappa shape index (κ2) is 10.0. The van der Waals surface area contributed by atoms with Crippen molar-refractivity contribution in [1.82, 2.24) is 14.8 Å². The molecule has 0 atom stereocenters. The number of nitrogens with zero attached hydrogens (tertiary/aromatic N) is 3. The second-order valence-corrected chi connectivity index (χ2v) is 9.13. The molecule has 6 heteroatoms. The highest BCUT2D eigenvalue weighted by molar-refractivity contribution is 5.83. The molecule has 34 heavy (non-hydrogen) atoms. The third-order valence-corrected chi connectivity index (χ3v) is 5.74. The first kappa shape index (κ1) is 23.4. The standard InChI is InChI=1S/C28H29N3O3/c1-20-4-8-22(9-5-20)31-23(18-27(30-31)28(2,3)19-32)17-24(33)16-21-6-10-25(11-7-21)34-26-12-14-29-15-13-26/h4-15,18,32H,16-17,19H2,1-3H3. The highest BCUT2D eigenvalue weighted by Gasteiger charge is 2.25. The maximum absolute atomic E-state index is 13.0. The van der Waals surface area contributed by atoms with Gasteiger partial charge < -0.3 is 9.84 Å². The zero-order valence-corrected chi connectivity index (χ0v) is 19.7. The number of hydrogen-bond donors (Lipinski definition) is 1. The Balaban J connectivity index is 1.50. The number of aryl methyl sites for hydroxylation is 1. The minimum absolute atomic E-state index is 0.0286. The first-order chi connectivity index (χ1) is 16.3. The van der Waals surface area contributed by atoms with Gasteiger partial charge in [-0.25, -0.2) is 4.68 Å². The molecule has 0 aliphatic rings. The number of aliphatic hydroxyl groups is 1. The van der Waals surface area contributed by atoms with E-state index in [0.717, 1.165) is 28.2 Å². The maximum atomic E-state index is 13.0. The molecular formula is C28H29N3O3. The molecule has 0 unspecified atom stereocenters. The van der Waals surface area contributed by atoms with Gasteiger partial charge in [-0.1, -0.05) is 43.7 Å². The predicted octanol–water partition coefficient (Wildman–Crippen LogP) is 4.99. The van der Waals surface area contributed by atoms with E-state index in [-0.39, 0.29) is 18.8 Å². The predicted molar refractivity (Wildman–Crippen MR) is 132 cm³/mol. The van der Waals surface area contributed by atoms with Gasteiger partial charge in [0.15, 0.2) is 0 Å². The van der Waals surface area contributed by atoms with Crippen LogP contribution in [0.1, 0.15) is 36.4 Å². The fraction of sp³-hybridized carbons (Fsp3) is 0.250. The molecule has 2 aromatic heterocycles. The molecule has 1 N–H and O–H groups in total.